The van der Waals surface area contributed by atoms with E-state index in [0.29, 0.717) is 13.2 Å². The fraction of sp³-hybridized carbons (Fsp3) is 0.368. The van der Waals surface area contributed by atoms with Crippen molar-refractivity contribution in [2.75, 3.05) is 24.6 Å². The predicted octanol–water partition coefficient (Wildman–Crippen LogP) is 5.80. The lowest BCUT2D eigenvalue weighted by atomic mass is 10.1. The standard InChI is InChI=1S/C18H18F3NOS.CH3I.2H2S/c19-18(20,21)14-8-4-5-9-16(14)24-17(13-6-2-1-3-7-13)15-12-22-10-11-23-15;1-2;;/h1-9,15,17,22H,10-12H2;1H3;2*1H2/t15-,17-;;;/m0.../s1. The van der Waals surface area contributed by atoms with Crippen LogP contribution in [0.2, 0.25) is 0 Å². The van der Waals surface area contributed by atoms with Crippen LogP contribution in [0.25, 0.3) is 0 Å². The van der Waals surface area contributed by atoms with Crippen molar-refractivity contribution in [1.29, 1.82) is 0 Å². The Bertz CT molecular complexity index is 671. The lowest BCUT2D eigenvalue weighted by Crippen LogP contribution is -2.41. The highest BCUT2D eigenvalue weighted by Crippen LogP contribution is 2.44. The van der Waals surface area contributed by atoms with E-state index in [1.54, 1.807) is 6.07 Å². The number of morpholine rings is 1. The molecule has 2 aromatic carbocycles. The van der Waals surface area contributed by atoms with Crippen LogP contribution in [0.1, 0.15) is 16.4 Å². The molecule has 0 saturated carbocycles. The molecule has 2 aromatic rings. The quantitative estimate of drug-likeness (QED) is 0.289. The highest BCUT2D eigenvalue weighted by Gasteiger charge is 2.35. The third-order valence-electron chi connectivity index (χ3n) is 3.87. The molecule has 3 rings (SSSR count). The molecule has 0 radical (unpaired) electrons. The SMILES string of the molecule is CI.FC(F)(F)c1ccccc1S[C@@H](c1ccccc1)[C@@H]1CNCCO1.S.S. The lowest BCUT2D eigenvalue weighted by molar-refractivity contribution is -0.139. The summed E-state index contributed by atoms with van der Waals surface area (Å²) in [6, 6.07) is 15.3. The van der Waals surface area contributed by atoms with Crippen molar-refractivity contribution in [3.05, 3.63) is 65.7 Å². The van der Waals surface area contributed by atoms with E-state index in [-0.39, 0.29) is 43.2 Å². The molecule has 1 aliphatic rings. The zero-order valence-electron chi connectivity index (χ0n) is 15.3. The van der Waals surface area contributed by atoms with Gasteiger partial charge in [-0.3, -0.25) is 0 Å². The maximum Gasteiger partial charge on any atom is 0.417 e. The smallest absolute Gasteiger partial charge is 0.374 e. The number of rotatable bonds is 4. The van der Waals surface area contributed by atoms with E-state index in [1.165, 1.54) is 23.9 Å². The highest BCUT2D eigenvalue weighted by molar-refractivity contribution is 14.1. The van der Waals surface area contributed by atoms with Crippen LogP contribution in [0, 0.1) is 0 Å². The van der Waals surface area contributed by atoms with Gasteiger partial charge in [0.1, 0.15) is 0 Å². The number of halogens is 4. The summed E-state index contributed by atoms with van der Waals surface area (Å²) >= 11 is 3.37. The molecule has 1 N–H and O–H groups in total. The monoisotopic (exact) mass is 563 g/mol. The molecule has 1 aliphatic heterocycles. The second-order valence-corrected chi connectivity index (χ2v) is 6.74. The van der Waals surface area contributed by atoms with Crippen LogP contribution >= 0.6 is 61.3 Å². The summed E-state index contributed by atoms with van der Waals surface area (Å²) in [6.07, 6.45) is -4.54. The molecule has 9 heteroatoms. The van der Waals surface area contributed by atoms with Crippen molar-refractivity contribution in [2.24, 2.45) is 0 Å². The fourth-order valence-corrected chi connectivity index (χ4v) is 4.08. The Morgan fingerprint density at radius 1 is 1.04 bits per heavy atom. The van der Waals surface area contributed by atoms with Crippen LogP contribution in [0.5, 0.6) is 0 Å². The molecule has 1 fully saturated rings. The minimum absolute atomic E-state index is 0. The van der Waals surface area contributed by atoms with Crippen LogP contribution in [0.3, 0.4) is 0 Å². The minimum Gasteiger partial charge on any atom is -0.374 e. The van der Waals surface area contributed by atoms with E-state index in [4.69, 9.17) is 4.74 Å². The molecule has 28 heavy (non-hydrogen) atoms. The Kier molecular flexibility index (Phi) is 14.0. The second kappa shape index (κ2) is 14.0. The second-order valence-electron chi connectivity index (χ2n) is 5.56. The Balaban J connectivity index is 0.00000177. The van der Waals surface area contributed by atoms with Gasteiger partial charge in [-0.05, 0) is 22.6 Å². The summed E-state index contributed by atoms with van der Waals surface area (Å²) in [7, 11) is 0. The van der Waals surface area contributed by atoms with Gasteiger partial charge >= 0.3 is 6.18 Å². The molecule has 0 aromatic heterocycles. The highest BCUT2D eigenvalue weighted by atomic mass is 127. The van der Waals surface area contributed by atoms with Crippen LogP contribution in [-0.4, -0.2) is 30.7 Å². The summed E-state index contributed by atoms with van der Waals surface area (Å²) in [5, 5.41) is 3.05. The summed E-state index contributed by atoms with van der Waals surface area (Å²) < 4.78 is 45.7. The Hall–Kier alpha value is -0.0700. The summed E-state index contributed by atoms with van der Waals surface area (Å²) in [6.45, 7) is 1.96. The Morgan fingerprint density at radius 3 is 2.21 bits per heavy atom. The fourth-order valence-electron chi connectivity index (χ4n) is 2.72. The van der Waals surface area contributed by atoms with E-state index in [0.717, 1.165) is 18.2 Å². The van der Waals surface area contributed by atoms with Crippen molar-refractivity contribution >= 4 is 61.3 Å². The normalized spacial score (nSPS) is 17.2. The molecule has 0 amide bonds. The number of benzene rings is 2. The van der Waals surface area contributed by atoms with Gasteiger partial charge in [-0.1, -0.05) is 65.1 Å². The first-order chi connectivity index (χ1) is 12.6. The zero-order valence-corrected chi connectivity index (χ0v) is 20.3. The van der Waals surface area contributed by atoms with Gasteiger partial charge in [-0.25, -0.2) is 0 Å². The van der Waals surface area contributed by atoms with Gasteiger partial charge in [0.2, 0.25) is 0 Å². The topological polar surface area (TPSA) is 21.3 Å². The van der Waals surface area contributed by atoms with E-state index in [2.05, 4.69) is 27.9 Å². The van der Waals surface area contributed by atoms with Gasteiger partial charge in [0.25, 0.3) is 0 Å². The van der Waals surface area contributed by atoms with Gasteiger partial charge in [0, 0.05) is 18.0 Å². The molecule has 1 heterocycles. The Labute approximate surface area is 196 Å². The van der Waals surface area contributed by atoms with Gasteiger partial charge < -0.3 is 10.1 Å². The molecule has 0 unspecified atom stereocenters. The average molecular weight is 564 g/mol. The maximum atomic E-state index is 13.3. The third kappa shape index (κ3) is 7.98. The number of hydrogen-bond acceptors (Lipinski definition) is 3. The molecule has 0 bridgehead atoms. The van der Waals surface area contributed by atoms with E-state index in [9.17, 15) is 13.2 Å². The van der Waals surface area contributed by atoms with Gasteiger partial charge in [0.05, 0.1) is 23.5 Å². The number of alkyl halides is 4. The first-order valence-electron chi connectivity index (χ1n) is 8.13. The van der Waals surface area contributed by atoms with Crippen molar-refractivity contribution < 1.29 is 17.9 Å². The molecule has 0 spiro atoms. The summed E-state index contributed by atoms with van der Waals surface area (Å²) in [4.78, 5) is 2.20. The molecule has 2 atom stereocenters. The van der Waals surface area contributed by atoms with E-state index < -0.39 is 11.7 Å². The molecular weight excluding hydrogens is 538 g/mol. The largest absolute Gasteiger partial charge is 0.417 e. The van der Waals surface area contributed by atoms with Crippen molar-refractivity contribution in [3.8, 4) is 0 Å². The Morgan fingerprint density at radius 2 is 1.64 bits per heavy atom. The average Bonchev–Trinajstić information content (AvgIpc) is 2.68. The van der Waals surface area contributed by atoms with Gasteiger partial charge in [-0.2, -0.15) is 40.2 Å². The van der Waals surface area contributed by atoms with E-state index >= 15 is 0 Å². The van der Waals surface area contributed by atoms with Crippen molar-refractivity contribution in [3.63, 3.8) is 0 Å². The molecular formula is C19H25F3INOS3. The van der Waals surface area contributed by atoms with Crippen molar-refractivity contribution in [2.45, 2.75) is 22.4 Å². The summed E-state index contributed by atoms with van der Waals surface area (Å²) in [5.74, 6) is 0. The molecule has 158 valence electrons. The van der Waals surface area contributed by atoms with Crippen molar-refractivity contribution in [1.82, 2.24) is 5.32 Å². The minimum atomic E-state index is -4.36. The molecule has 2 nitrogen and oxygen atoms in total. The first-order valence-corrected chi connectivity index (χ1v) is 11.2. The number of ether oxygens (including phenoxy) is 1. The molecule has 1 saturated heterocycles. The number of hydrogen-bond donors (Lipinski definition) is 1. The van der Waals surface area contributed by atoms with Gasteiger partial charge in [-0.15, -0.1) is 11.8 Å². The maximum absolute atomic E-state index is 13.3. The number of nitrogens with one attached hydrogen (secondary N) is 1. The van der Waals surface area contributed by atoms with Crippen LogP contribution in [0.4, 0.5) is 13.2 Å². The third-order valence-corrected chi connectivity index (χ3v) is 5.31. The molecule has 0 aliphatic carbocycles. The van der Waals surface area contributed by atoms with E-state index in [1.807, 2.05) is 35.3 Å². The van der Waals surface area contributed by atoms with Crippen LogP contribution in [0.15, 0.2) is 59.5 Å². The lowest BCUT2D eigenvalue weighted by Gasteiger charge is -2.31. The van der Waals surface area contributed by atoms with Crippen LogP contribution < -0.4 is 5.32 Å². The number of thioether (sulfide) groups is 1. The first kappa shape index (κ1) is 27.9. The summed E-state index contributed by atoms with van der Waals surface area (Å²) in [5.41, 5.74) is 0.368. The van der Waals surface area contributed by atoms with Crippen LogP contribution in [-0.2, 0) is 10.9 Å². The van der Waals surface area contributed by atoms with Gasteiger partial charge in [0.15, 0.2) is 0 Å². The zero-order chi connectivity index (χ0) is 19.0. The predicted molar refractivity (Wildman–Crippen MR) is 130 cm³/mol.